The molecule has 3 N–H and O–H groups in total. The summed E-state index contributed by atoms with van der Waals surface area (Å²) in [6.07, 6.45) is 7.25. The van der Waals surface area contributed by atoms with E-state index in [4.69, 9.17) is 15.6 Å². The molecule has 2 aromatic rings. The molecule has 2 aliphatic rings. The minimum atomic E-state index is -1.06. The fourth-order valence-electron chi connectivity index (χ4n) is 3.02. The molecule has 2 aliphatic carbocycles. The van der Waals surface area contributed by atoms with Crippen LogP contribution in [0.5, 0.6) is 0 Å². The largest absolute Gasteiger partial charge is 0.489 e. The Kier molecular flexibility index (Phi) is 3.32. The summed E-state index contributed by atoms with van der Waals surface area (Å²) in [5.41, 5.74) is 10.3. The van der Waals surface area contributed by atoms with Gasteiger partial charge >= 0.3 is 5.97 Å². The Morgan fingerprint density at radius 3 is 2.91 bits per heavy atom. The molecule has 0 bridgehead atoms. The summed E-state index contributed by atoms with van der Waals surface area (Å²) in [7, 11) is 0. The van der Waals surface area contributed by atoms with Crippen molar-refractivity contribution in [2.45, 2.75) is 12.5 Å². The highest BCUT2D eigenvalue weighted by atomic mass is 32.1. The standard InChI is InChI=1S/C18H15NO3S/c19-13(18(20)21)9-22-16-11-6-2-1-5-10(11)15-12-7-3-4-8-14(12)23-17(15)16/h1-6,8,13H,7,9,19H2,(H,20,21)/t13-/m0/s1. The smallest absolute Gasteiger partial charge is 0.324 e. The zero-order valence-corrected chi connectivity index (χ0v) is 13.1. The molecule has 0 saturated carbocycles. The topological polar surface area (TPSA) is 72.5 Å². The average molecular weight is 325 g/mol. The van der Waals surface area contributed by atoms with Crippen LogP contribution in [0.4, 0.5) is 0 Å². The first kappa shape index (κ1) is 14.2. The fraction of sp³-hybridized carbons (Fsp3) is 0.167. The lowest BCUT2D eigenvalue weighted by Crippen LogP contribution is -2.34. The van der Waals surface area contributed by atoms with Gasteiger partial charge in [0.25, 0.3) is 0 Å². The molecule has 0 aliphatic heterocycles. The number of allylic oxidation sites excluding steroid dienone is 2. The highest BCUT2D eigenvalue weighted by Gasteiger charge is 2.27. The minimum Gasteiger partial charge on any atom is -0.489 e. The van der Waals surface area contributed by atoms with Crippen LogP contribution in [-0.4, -0.2) is 23.7 Å². The second kappa shape index (κ2) is 5.37. The number of fused-ring (bicyclic) bond motifs is 5. The zero-order chi connectivity index (χ0) is 16.0. The molecular weight excluding hydrogens is 310 g/mol. The number of ether oxygens (including phenoxy) is 1. The molecule has 5 heteroatoms. The number of nitrogens with two attached hydrogens (primary N) is 1. The number of benzene rings is 1. The molecule has 0 saturated heterocycles. The van der Waals surface area contributed by atoms with E-state index in [9.17, 15) is 4.79 Å². The van der Waals surface area contributed by atoms with Crippen LogP contribution in [0.3, 0.4) is 0 Å². The van der Waals surface area contributed by atoms with E-state index in [1.807, 2.05) is 18.2 Å². The van der Waals surface area contributed by atoms with Gasteiger partial charge in [-0.15, -0.1) is 11.3 Å². The first-order valence-electron chi connectivity index (χ1n) is 7.40. The van der Waals surface area contributed by atoms with Gasteiger partial charge in [0.1, 0.15) is 18.4 Å². The van der Waals surface area contributed by atoms with Crippen molar-refractivity contribution >= 4 is 29.1 Å². The van der Waals surface area contributed by atoms with E-state index in [-0.39, 0.29) is 6.61 Å². The molecule has 4 nitrogen and oxygen atoms in total. The summed E-state index contributed by atoms with van der Waals surface area (Å²) in [5, 5.41) is 8.95. The summed E-state index contributed by atoms with van der Waals surface area (Å²) < 4.78 is 8.17. The van der Waals surface area contributed by atoms with Gasteiger partial charge in [-0.2, -0.15) is 0 Å². The van der Waals surface area contributed by atoms with Crippen LogP contribution in [0.1, 0.15) is 11.1 Å². The fourth-order valence-corrected chi connectivity index (χ4v) is 4.29. The van der Waals surface area contributed by atoms with E-state index >= 15 is 0 Å². The predicted octanol–water partition coefficient (Wildman–Crippen LogP) is 1.21. The second-order valence-corrected chi connectivity index (χ2v) is 6.63. The third-order valence-electron chi connectivity index (χ3n) is 4.12. The highest BCUT2D eigenvalue weighted by molar-refractivity contribution is 7.08. The van der Waals surface area contributed by atoms with Crippen LogP contribution in [0.25, 0.3) is 23.0 Å². The Hall–Kier alpha value is -2.37. The summed E-state index contributed by atoms with van der Waals surface area (Å²) in [5.74, 6) is -0.305. The maximum atomic E-state index is 10.9. The molecule has 23 heavy (non-hydrogen) atoms. The number of hydrogen-bond donors (Lipinski definition) is 2. The van der Waals surface area contributed by atoms with Crippen LogP contribution < -0.4 is 14.8 Å². The Morgan fingerprint density at radius 1 is 1.35 bits per heavy atom. The minimum absolute atomic E-state index is 0.0387. The van der Waals surface area contributed by atoms with Crippen molar-refractivity contribution in [1.29, 1.82) is 0 Å². The third-order valence-corrected chi connectivity index (χ3v) is 5.31. The number of hydrogen-bond acceptors (Lipinski definition) is 4. The van der Waals surface area contributed by atoms with Gasteiger partial charge in [0, 0.05) is 15.7 Å². The Morgan fingerprint density at radius 2 is 2.13 bits per heavy atom. The van der Waals surface area contributed by atoms with E-state index in [1.165, 1.54) is 15.7 Å². The number of carboxylic acids is 1. The number of carboxylic acid groups (broad SMARTS) is 1. The van der Waals surface area contributed by atoms with Crippen molar-refractivity contribution in [3.05, 3.63) is 56.6 Å². The summed E-state index contributed by atoms with van der Waals surface area (Å²) in [4.78, 5) is 10.9. The Labute approximate surface area is 136 Å². The summed E-state index contributed by atoms with van der Waals surface area (Å²) in [6, 6.07) is 7.06. The van der Waals surface area contributed by atoms with E-state index in [1.54, 1.807) is 11.3 Å². The van der Waals surface area contributed by atoms with Gasteiger partial charge in [0.15, 0.2) is 0 Å². The lowest BCUT2D eigenvalue weighted by Gasteiger charge is -2.12. The first-order chi connectivity index (χ1) is 11.2. The Bertz CT molecular complexity index is 955. The van der Waals surface area contributed by atoms with Crippen molar-refractivity contribution in [2.75, 3.05) is 6.61 Å². The van der Waals surface area contributed by atoms with Gasteiger partial charge in [-0.1, -0.05) is 36.4 Å². The molecule has 4 rings (SSSR count). The van der Waals surface area contributed by atoms with Gasteiger partial charge in [0.2, 0.25) is 0 Å². The zero-order valence-electron chi connectivity index (χ0n) is 12.3. The van der Waals surface area contributed by atoms with E-state index in [2.05, 4.69) is 24.3 Å². The summed E-state index contributed by atoms with van der Waals surface area (Å²) >= 11 is 1.69. The molecule has 0 radical (unpaired) electrons. The van der Waals surface area contributed by atoms with Crippen molar-refractivity contribution in [2.24, 2.45) is 5.73 Å². The van der Waals surface area contributed by atoms with E-state index in [0.29, 0.717) is 0 Å². The lowest BCUT2D eigenvalue weighted by atomic mass is 9.99. The summed E-state index contributed by atoms with van der Waals surface area (Å²) in [6.45, 7) is -0.0387. The van der Waals surface area contributed by atoms with Crippen molar-refractivity contribution in [1.82, 2.24) is 0 Å². The highest BCUT2D eigenvalue weighted by Crippen LogP contribution is 2.35. The monoisotopic (exact) mass is 325 g/mol. The SMILES string of the molecule is N[C@@H](COC1=c2sc3c(c2-c2ccccc21)CC=CC=3)C(=O)O. The van der Waals surface area contributed by atoms with Gasteiger partial charge in [-0.05, 0) is 23.6 Å². The molecular formula is C18H15NO3S. The number of aliphatic carboxylic acids is 1. The van der Waals surface area contributed by atoms with Crippen LogP contribution in [0, 0.1) is 0 Å². The lowest BCUT2D eigenvalue weighted by molar-refractivity contribution is -0.139. The van der Waals surface area contributed by atoms with E-state index in [0.717, 1.165) is 27.8 Å². The molecule has 1 atom stereocenters. The Balaban J connectivity index is 1.86. The quantitative estimate of drug-likeness (QED) is 0.886. The molecule has 0 amide bonds. The van der Waals surface area contributed by atoms with Crippen molar-refractivity contribution in [3.63, 3.8) is 0 Å². The maximum Gasteiger partial charge on any atom is 0.324 e. The van der Waals surface area contributed by atoms with Gasteiger partial charge in [-0.3, -0.25) is 4.79 Å². The van der Waals surface area contributed by atoms with Gasteiger partial charge in [0.05, 0.1) is 4.53 Å². The number of rotatable bonds is 4. The normalized spacial score (nSPS) is 15.4. The van der Waals surface area contributed by atoms with Crippen LogP contribution in [0.15, 0.2) is 36.4 Å². The molecule has 0 spiro atoms. The van der Waals surface area contributed by atoms with Crippen LogP contribution >= 0.6 is 11.3 Å². The molecule has 116 valence electrons. The molecule has 1 heterocycles. The molecule has 1 aromatic carbocycles. The third kappa shape index (κ3) is 2.20. The molecule has 0 unspecified atom stereocenters. The van der Waals surface area contributed by atoms with Gasteiger partial charge < -0.3 is 15.6 Å². The van der Waals surface area contributed by atoms with E-state index < -0.39 is 12.0 Å². The van der Waals surface area contributed by atoms with Crippen LogP contribution in [0.2, 0.25) is 0 Å². The second-order valence-electron chi connectivity index (χ2n) is 5.58. The number of carbonyl (C=O) groups is 1. The number of thiophene rings is 1. The van der Waals surface area contributed by atoms with Gasteiger partial charge in [-0.25, -0.2) is 0 Å². The molecule has 1 aromatic heterocycles. The van der Waals surface area contributed by atoms with Crippen LogP contribution in [-0.2, 0) is 16.0 Å². The maximum absolute atomic E-state index is 10.9. The average Bonchev–Trinajstić information content (AvgIpc) is 3.07. The van der Waals surface area contributed by atoms with Crippen molar-refractivity contribution < 1.29 is 14.6 Å². The first-order valence-corrected chi connectivity index (χ1v) is 8.22. The predicted molar refractivity (Wildman–Crippen MR) is 90.4 cm³/mol. The van der Waals surface area contributed by atoms with Crippen molar-refractivity contribution in [3.8, 4) is 11.1 Å². The molecule has 0 fully saturated rings.